The van der Waals surface area contributed by atoms with E-state index in [1.807, 2.05) is 0 Å². The molecule has 0 amide bonds. The average molecular weight is 217 g/mol. The second kappa shape index (κ2) is 6.05. The van der Waals surface area contributed by atoms with E-state index in [1.165, 1.54) is 0 Å². The van der Waals surface area contributed by atoms with Crippen LogP contribution in [0.5, 0.6) is 0 Å². The van der Waals surface area contributed by atoms with Crippen molar-refractivity contribution in [3.8, 4) is 0 Å². The number of rotatable bonds is 7. The molecule has 1 saturated carbocycles. The van der Waals surface area contributed by atoms with Crippen molar-refractivity contribution in [3.05, 3.63) is 0 Å². The summed E-state index contributed by atoms with van der Waals surface area (Å²) in [4.78, 5) is 10.8. The van der Waals surface area contributed by atoms with Crippen LogP contribution in [0.2, 0.25) is 0 Å². The Morgan fingerprint density at radius 2 is 2.33 bits per heavy atom. The van der Waals surface area contributed by atoms with Crippen LogP contribution in [0.3, 0.4) is 0 Å². The lowest BCUT2D eigenvalue weighted by Gasteiger charge is -2.36. The number of carbonyl (C=O) groups is 1. The molecular weight excluding hydrogens is 198 g/mol. The Labute approximate surface area is 89.4 Å². The van der Waals surface area contributed by atoms with E-state index in [4.69, 9.17) is 14.9 Å². The van der Waals surface area contributed by atoms with Gasteiger partial charge in [-0.1, -0.05) is 0 Å². The Bertz CT molecular complexity index is 204. The van der Waals surface area contributed by atoms with Gasteiger partial charge in [0.15, 0.2) is 0 Å². The van der Waals surface area contributed by atoms with Crippen LogP contribution in [0, 0.1) is 5.92 Å². The van der Waals surface area contributed by atoms with Crippen LogP contribution in [0.15, 0.2) is 0 Å². The predicted octanol–water partition coefficient (Wildman–Crippen LogP) is -0.163. The molecule has 3 atom stereocenters. The molecular formula is C10H19NO4. The van der Waals surface area contributed by atoms with E-state index in [0.717, 1.165) is 12.8 Å². The molecule has 0 aromatic carbocycles. The highest BCUT2D eigenvalue weighted by molar-refractivity contribution is 5.72. The number of carboxylic acid groups (broad SMARTS) is 1. The number of ether oxygens (including phenoxy) is 1. The number of aliphatic hydroxyl groups is 1. The van der Waals surface area contributed by atoms with Crippen LogP contribution < -0.4 is 5.32 Å². The Hall–Kier alpha value is -0.650. The number of hydrogen-bond acceptors (Lipinski definition) is 4. The molecule has 1 aliphatic carbocycles. The summed E-state index contributed by atoms with van der Waals surface area (Å²) in [6.45, 7) is 0.592. The Morgan fingerprint density at radius 3 is 2.73 bits per heavy atom. The second-order valence-corrected chi connectivity index (χ2v) is 3.96. The van der Waals surface area contributed by atoms with Gasteiger partial charge in [0.25, 0.3) is 0 Å². The standard InChI is InChI=1S/C10H19NO4/c1-15-6-7(4-5-12)11-9-3-2-8(9)10(13)14/h7-9,11-12H,2-6H2,1H3,(H,13,14). The largest absolute Gasteiger partial charge is 0.481 e. The fourth-order valence-electron chi connectivity index (χ4n) is 1.87. The maximum absolute atomic E-state index is 10.8. The van der Waals surface area contributed by atoms with E-state index >= 15 is 0 Å². The van der Waals surface area contributed by atoms with Gasteiger partial charge in [-0.2, -0.15) is 0 Å². The summed E-state index contributed by atoms with van der Waals surface area (Å²) in [5, 5.41) is 20.9. The number of aliphatic hydroxyl groups excluding tert-OH is 1. The van der Waals surface area contributed by atoms with Gasteiger partial charge in [0.05, 0.1) is 12.5 Å². The minimum absolute atomic E-state index is 0.0363. The monoisotopic (exact) mass is 217 g/mol. The lowest BCUT2D eigenvalue weighted by Crippen LogP contribution is -2.52. The van der Waals surface area contributed by atoms with Crippen LogP contribution in [-0.4, -0.2) is 48.6 Å². The second-order valence-electron chi connectivity index (χ2n) is 3.96. The van der Waals surface area contributed by atoms with Gasteiger partial charge in [-0.25, -0.2) is 0 Å². The Kier molecular flexibility index (Phi) is 5.01. The minimum Gasteiger partial charge on any atom is -0.481 e. The first-order valence-electron chi connectivity index (χ1n) is 5.27. The lowest BCUT2D eigenvalue weighted by molar-refractivity contribution is -0.146. The highest BCUT2D eigenvalue weighted by Gasteiger charge is 2.37. The van der Waals surface area contributed by atoms with Gasteiger partial charge in [-0.3, -0.25) is 4.79 Å². The molecule has 15 heavy (non-hydrogen) atoms. The fourth-order valence-corrected chi connectivity index (χ4v) is 1.87. The highest BCUT2D eigenvalue weighted by Crippen LogP contribution is 2.28. The zero-order valence-corrected chi connectivity index (χ0v) is 8.98. The molecule has 0 aliphatic heterocycles. The molecule has 88 valence electrons. The summed E-state index contributed by atoms with van der Waals surface area (Å²) < 4.78 is 5.00. The van der Waals surface area contributed by atoms with Crippen molar-refractivity contribution < 1.29 is 19.7 Å². The van der Waals surface area contributed by atoms with E-state index in [1.54, 1.807) is 7.11 Å². The molecule has 5 nitrogen and oxygen atoms in total. The van der Waals surface area contributed by atoms with Crippen molar-refractivity contribution in [3.63, 3.8) is 0 Å². The molecule has 0 heterocycles. The van der Waals surface area contributed by atoms with Crippen LogP contribution in [-0.2, 0) is 9.53 Å². The van der Waals surface area contributed by atoms with Crippen LogP contribution >= 0.6 is 0 Å². The maximum atomic E-state index is 10.8. The quantitative estimate of drug-likeness (QED) is 0.552. The van der Waals surface area contributed by atoms with E-state index in [2.05, 4.69) is 5.32 Å². The number of nitrogens with one attached hydrogen (secondary N) is 1. The van der Waals surface area contributed by atoms with Gasteiger partial charge < -0.3 is 20.3 Å². The van der Waals surface area contributed by atoms with Crippen LogP contribution in [0.1, 0.15) is 19.3 Å². The molecule has 5 heteroatoms. The zero-order chi connectivity index (χ0) is 11.3. The third kappa shape index (κ3) is 3.44. The molecule has 1 aliphatic rings. The zero-order valence-electron chi connectivity index (χ0n) is 8.98. The van der Waals surface area contributed by atoms with E-state index in [9.17, 15) is 4.79 Å². The number of aliphatic carboxylic acids is 1. The molecule has 0 aromatic heterocycles. The predicted molar refractivity (Wildman–Crippen MR) is 54.7 cm³/mol. The van der Waals surface area contributed by atoms with Crippen molar-refractivity contribution in [2.45, 2.75) is 31.3 Å². The van der Waals surface area contributed by atoms with Crippen molar-refractivity contribution in [2.75, 3.05) is 20.3 Å². The Balaban J connectivity index is 2.34. The molecule has 0 aromatic rings. The first kappa shape index (κ1) is 12.4. The van der Waals surface area contributed by atoms with Gasteiger partial charge >= 0.3 is 5.97 Å². The summed E-state index contributed by atoms with van der Waals surface area (Å²) in [7, 11) is 1.60. The first-order valence-corrected chi connectivity index (χ1v) is 5.27. The first-order chi connectivity index (χ1) is 7.19. The molecule has 0 radical (unpaired) electrons. The van der Waals surface area contributed by atoms with E-state index in [0.29, 0.717) is 13.0 Å². The Morgan fingerprint density at radius 1 is 1.60 bits per heavy atom. The minimum atomic E-state index is -0.737. The van der Waals surface area contributed by atoms with Gasteiger partial charge in [0.2, 0.25) is 0 Å². The summed E-state index contributed by atoms with van der Waals surface area (Å²) in [6, 6.07) is 0.0846. The van der Waals surface area contributed by atoms with Gasteiger partial charge in [-0.05, 0) is 19.3 Å². The SMILES string of the molecule is COCC(CCO)NC1CCC1C(=O)O. The molecule has 3 N–H and O–H groups in total. The summed E-state index contributed by atoms with van der Waals surface area (Å²) in [5.74, 6) is -1.01. The highest BCUT2D eigenvalue weighted by atomic mass is 16.5. The van der Waals surface area contributed by atoms with E-state index in [-0.39, 0.29) is 24.6 Å². The number of carboxylic acids is 1. The van der Waals surface area contributed by atoms with E-state index < -0.39 is 5.97 Å². The third-order valence-electron chi connectivity index (χ3n) is 2.89. The topological polar surface area (TPSA) is 78.8 Å². The molecule has 3 unspecified atom stereocenters. The maximum Gasteiger partial charge on any atom is 0.308 e. The van der Waals surface area contributed by atoms with Crippen molar-refractivity contribution in [2.24, 2.45) is 5.92 Å². The smallest absolute Gasteiger partial charge is 0.308 e. The van der Waals surface area contributed by atoms with Crippen molar-refractivity contribution >= 4 is 5.97 Å². The number of hydrogen-bond donors (Lipinski definition) is 3. The summed E-state index contributed by atoms with van der Waals surface area (Å²) in [6.07, 6.45) is 2.23. The molecule has 1 fully saturated rings. The van der Waals surface area contributed by atoms with Crippen molar-refractivity contribution in [1.29, 1.82) is 0 Å². The summed E-state index contributed by atoms with van der Waals surface area (Å²) >= 11 is 0. The number of methoxy groups -OCH3 is 1. The normalized spacial score (nSPS) is 27.1. The van der Waals surface area contributed by atoms with Gasteiger partial charge in [0, 0.05) is 25.8 Å². The lowest BCUT2D eigenvalue weighted by atomic mass is 9.79. The molecule has 1 rings (SSSR count). The fraction of sp³-hybridized carbons (Fsp3) is 0.900. The van der Waals surface area contributed by atoms with Crippen LogP contribution in [0.25, 0.3) is 0 Å². The van der Waals surface area contributed by atoms with Crippen molar-refractivity contribution in [1.82, 2.24) is 5.32 Å². The van der Waals surface area contributed by atoms with Gasteiger partial charge in [0.1, 0.15) is 0 Å². The van der Waals surface area contributed by atoms with Gasteiger partial charge in [-0.15, -0.1) is 0 Å². The average Bonchev–Trinajstić information content (AvgIpc) is 2.12. The molecule has 0 bridgehead atoms. The third-order valence-corrected chi connectivity index (χ3v) is 2.89. The van der Waals surface area contributed by atoms with Crippen LogP contribution in [0.4, 0.5) is 0 Å². The molecule has 0 spiro atoms. The summed E-state index contributed by atoms with van der Waals surface area (Å²) in [5.41, 5.74) is 0. The molecule has 0 saturated heterocycles.